The minimum atomic E-state index is -0.660. The summed E-state index contributed by atoms with van der Waals surface area (Å²) in [5, 5.41) is 2.25. The Hall–Kier alpha value is -1.71. The van der Waals surface area contributed by atoms with Gasteiger partial charge in [-0.1, -0.05) is 5.57 Å². The van der Waals surface area contributed by atoms with Crippen LogP contribution in [0.3, 0.4) is 0 Å². The monoisotopic (exact) mass is 211 g/mol. The Labute approximate surface area is 86.6 Å². The summed E-state index contributed by atoms with van der Waals surface area (Å²) < 4.78 is 25.8. The topological polar surface area (TPSA) is 29.1 Å². The van der Waals surface area contributed by atoms with Crippen molar-refractivity contribution < 1.29 is 13.6 Å². The highest BCUT2D eigenvalue weighted by atomic mass is 19.1. The van der Waals surface area contributed by atoms with Gasteiger partial charge < -0.3 is 5.32 Å². The molecule has 0 aromatic heterocycles. The van der Waals surface area contributed by atoms with Crippen LogP contribution < -0.4 is 5.32 Å². The Balaban J connectivity index is 2.85. The Kier molecular flexibility index (Phi) is 3.55. The van der Waals surface area contributed by atoms with Crippen molar-refractivity contribution in [1.29, 1.82) is 0 Å². The molecule has 0 radical (unpaired) electrons. The third kappa shape index (κ3) is 3.50. The molecule has 0 spiro atoms. The van der Waals surface area contributed by atoms with Crippen molar-refractivity contribution in [3.63, 3.8) is 0 Å². The second-order valence-corrected chi connectivity index (χ2v) is 3.34. The molecule has 0 aliphatic carbocycles. The van der Waals surface area contributed by atoms with E-state index in [0.29, 0.717) is 0 Å². The lowest BCUT2D eigenvalue weighted by atomic mass is 10.2. The number of hydrogen-bond acceptors (Lipinski definition) is 1. The summed E-state index contributed by atoms with van der Waals surface area (Å²) in [6.45, 7) is 3.48. The maximum absolute atomic E-state index is 13.1. The van der Waals surface area contributed by atoms with Crippen LogP contribution in [-0.2, 0) is 4.79 Å². The molecule has 0 bridgehead atoms. The van der Waals surface area contributed by atoms with Crippen LogP contribution in [0.5, 0.6) is 0 Å². The van der Waals surface area contributed by atoms with Gasteiger partial charge in [-0.2, -0.15) is 0 Å². The molecule has 80 valence electrons. The van der Waals surface area contributed by atoms with E-state index >= 15 is 0 Å². The van der Waals surface area contributed by atoms with E-state index in [-0.39, 0.29) is 5.69 Å². The van der Waals surface area contributed by atoms with E-state index in [1.54, 1.807) is 13.8 Å². The van der Waals surface area contributed by atoms with Crippen LogP contribution >= 0.6 is 0 Å². The van der Waals surface area contributed by atoms with E-state index in [0.717, 1.165) is 23.8 Å². The fourth-order valence-corrected chi connectivity index (χ4v) is 1.02. The first kappa shape index (κ1) is 11.4. The molecular weight excluding hydrogens is 200 g/mol. The third-order valence-corrected chi connectivity index (χ3v) is 1.61. The Morgan fingerprint density at radius 1 is 1.33 bits per heavy atom. The predicted molar refractivity (Wildman–Crippen MR) is 54.4 cm³/mol. The SMILES string of the molecule is CC(C)=CC(=O)Nc1cc(F)ccc1F. The number of amides is 1. The lowest BCUT2D eigenvalue weighted by Gasteiger charge is -2.03. The van der Waals surface area contributed by atoms with Crippen molar-refractivity contribution in [3.8, 4) is 0 Å². The molecule has 1 N–H and O–H groups in total. The molecule has 0 fully saturated rings. The number of halogens is 2. The zero-order valence-electron chi connectivity index (χ0n) is 8.47. The third-order valence-electron chi connectivity index (χ3n) is 1.61. The molecule has 2 nitrogen and oxygen atoms in total. The van der Waals surface area contributed by atoms with Crippen LogP contribution in [-0.4, -0.2) is 5.91 Å². The van der Waals surface area contributed by atoms with Gasteiger partial charge in [0.2, 0.25) is 5.91 Å². The number of anilines is 1. The van der Waals surface area contributed by atoms with Gasteiger partial charge in [0.1, 0.15) is 11.6 Å². The van der Waals surface area contributed by atoms with Gasteiger partial charge in [-0.3, -0.25) is 4.79 Å². The van der Waals surface area contributed by atoms with Gasteiger partial charge >= 0.3 is 0 Å². The van der Waals surface area contributed by atoms with E-state index in [1.807, 2.05) is 0 Å². The Bertz CT molecular complexity index is 409. The smallest absolute Gasteiger partial charge is 0.248 e. The number of allylic oxidation sites excluding steroid dienone is 1. The summed E-state index contributed by atoms with van der Waals surface area (Å²) >= 11 is 0. The zero-order valence-corrected chi connectivity index (χ0v) is 8.47. The van der Waals surface area contributed by atoms with Gasteiger partial charge in [0.05, 0.1) is 5.69 Å². The average Bonchev–Trinajstić information content (AvgIpc) is 2.10. The van der Waals surface area contributed by atoms with Gasteiger partial charge in [0, 0.05) is 12.1 Å². The molecule has 1 amide bonds. The van der Waals surface area contributed by atoms with Crippen molar-refractivity contribution in [2.75, 3.05) is 5.32 Å². The van der Waals surface area contributed by atoms with Crippen molar-refractivity contribution in [2.45, 2.75) is 13.8 Å². The predicted octanol–water partition coefficient (Wildman–Crippen LogP) is 2.87. The molecule has 0 unspecified atom stereocenters. The number of hydrogen-bond donors (Lipinski definition) is 1. The van der Waals surface area contributed by atoms with Gasteiger partial charge in [-0.15, -0.1) is 0 Å². The molecule has 0 heterocycles. The molecule has 15 heavy (non-hydrogen) atoms. The highest BCUT2D eigenvalue weighted by Gasteiger charge is 2.05. The minimum Gasteiger partial charge on any atom is -0.320 e. The van der Waals surface area contributed by atoms with Crippen LogP contribution in [0, 0.1) is 11.6 Å². The largest absolute Gasteiger partial charge is 0.320 e. The van der Waals surface area contributed by atoms with Crippen LogP contribution in [0.1, 0.15) is 13.8 Å². The maximum Gasteiger partial charge on any atom is 0.248 e. The Morgan fingerprint density at radius 2 is 2.00 bits per heavy atom. The molecule has 1 aromatic carbocycles. The summed E-state index contributed by atoms with van der Waals surface area (Å²) in [5.74, 6) is -1.73. The number of benzene rings is 1. The summed E-state index contributed by atoms with van der Waals surface area (Å²) in [6, 6.07) is 2.89. The van der Waals surface area contributed by atoms with E-state index < -0.39 is 17.5 Å². The molecular formula is C11H11F2NO. The first-order valence-electron chi connectivity index (χ1n) is 4.40. The van der Waals surface area contributed by atoms with Gasteiger partial charge in [-0.05, 0) is 26.0 Å². The molecule has 0 aliphatic heterocycles. The van der Waals surface area contributed by atoms with Crippen LogP contribution in [0.25, 0.3) is 0 Å². The van der Waals surface area contributed by atoms with Gasteiger partial charge in [-0.25, -0.2) is 8.78 Å². The minimum absolute atomic E-state index is 0.155. The summed E-state index contributed by atoms with van der Waals surface area (Å²) in [4.78, 5) is 11.2. The summed E-state index contributed by atoms with van der Waals surface area (Å²) in [6.07, 6.45) is 1.31. The van der Waals surface area contributed by atoms with Crippen molar-refractivity contribution in [3.05, 3.63) is 41.5 Å². The van der Waals surface area contributed by atoms with Crippen molar-refractivity contribution in [2.24, 2.45) is 0 Å². The van der Waals surface area contributed by atoms with Crippen LogP contribution in [0.4, 0.5) is 14.5 Å². The Morgan fingerprint density at radius 3 is 2.60 bits per heavy atom. The van der Waals surface area contributed by atoms with Crippen molar-refractivity contribution in [1.82, 2.24) is 0 Å². The normalized spacial score (nSPS) is 9.60. The van der Waals surface area contributed by atoms with Crippen LogP contribution in [0.15, 0.2) is 29.8 Å². The number of nitrogens with one attached hydrogen (secondary N) is 1. The fraction of sp³-hybridized carbons (Fsp3) is 0.182. The van der Waals surface area contributed by atoms with Crippen molar-refractivity contribution >= 4 is 11.6 Å². The first-order chi connectivity index (χ1) is 6.99. The van der Waals surface area contributed by atoms with Gasteiger partial charge in [0.15, 0.2) is 0 Å². The number of rotatable bonds is 2. The molecule has 1 aromatic rings. The highest BCUT2D eigenvalue weighted by molar-refractivity contribution is 5.99. The fourth-order valence-electron chi connectivity index (χ4n) is 1.02. The summed E-state index contributed by atoms with van der Waals surface area (Å²) in [5.41, 5.74) is 0.627. The van der Waals surface area contributed by atoms with Crippen LogP contribution in [0.2, 0.25) is 0 Å². The molecule has 4 heteroatoms. The lowest BCUT2D eigenvalue weighted by Crippen LogP contribution is -2.10. The number of carbonyl (C=O) groups is 1. The quantitative estimate of drug-likeness (QED) is 0.749. The van der Waals surface area contributed by atoms with E-state index in [1.165, 1.54) is 6.08 Å². The van der Waals surface area contributed by atoms with E-state index in [4.69, 9.17) is 0 Å². The standard InChI is InChI=1S/C11H11F2NO/c1-7(2)5-11(15)14-10-6-8(12)3-4-9(10)13/h3-6H,1-2H3,(H,14,15). The maximum atomic E-state index is 13.1. The molecule has 0 aliphatic rings. The molecule has 0 atom stereocenters. The summed E-state index contributed by atoms with van der Waals surface area (Å²) in [7, 11) is 0. The zero-order chi connectivity index (χ0) is 11.4. The first-order valence-corrected chi connectivity index (χ1v) is 4.40. The second-order valence-electron chi connectivity index (χ2n) is 3.34. The molecule has 0 saturated heterocycles. The molecule has 1 rings (SSSR count). The van der Waals surface area contributed by atoms with Gasteiger partial charge in [0.25, 0.3) is 0 Å². The lowest BCUT2D eigenvalue weighted by molar-refractivity contribution is -0.112. The highest BCUT2D eigenvalue weighted by Crippen LogP contribution is 2.15. The van der Waals surface area contributed by atoms with E-state index in [9.17, 15) is 13.6 Å². The number of carbonyl (C=O) groups excluding carboxylic acids is 1. The van der Waals surface area contributed by atoms with E-state index in [2.05, 4.69) is 5.32 Å². The average molecular weight is 211 g/mol. The second kappa shape index (κ2) is 4.68. The molecule has 0 saturated carbocycles.